The number of benzene rings is 2. The first-order valence-electron chi connectivity index (χ1n) is 8.01. The maximum absolute atomic E-state index is 13.0. The average Bonchev–Trinajstić information content (AvgIpc) is 2.98. The predicted octanol–water partition coefficient (Wildman–Crippen LogP) is 2.75. The van der Waals surface area contributed by atoms with Gasteiger partial charge >= 0.3 is 12.3 Å². The van der Waals surface area contributed by atoms with Crippen molar-refractivity contribution in [3.63, 3.8) is 0 Å². The molecule has 10 nitrogen and oxygen atoms in total. The minimum Gasteiger partial charge on any atom is -0.452 e. The number of alkyl halides is 2. The molecule has 1 amide bonds. The third kappa shape index (κ3) is 4.48. The normalized spacial score (nSPS) is 13.5. The van der Waals surface area contributed by atoms with Gasteiger partial charge in [-0.25, -0.2) is 4.79 Å². The standard InChI is InChI=1S/C17H13F2N3O7/c1-20-11-4-2-9(6-12(11)22(25)26)16(24)27-8-15(23)21-10-3-5-13-14(7-10)29-17(18,19)28-13/h2-7,20H,8H2,1H3,(H,21,23). The second-order valence-electron chi connectivity index (χ2n) is 5.69. The molecule has 152 valence electrons. The fourth-order valence-electron chi connectivity index (χ4n) is 2.46. The molecule has 2 aromatic carbocycles. The highest BCUT2D eigenvalue weighted by atomic mass is 19.3. The molecular formula is C17H13F2N3O7. The summed E-state index contributed by atoms with van der Waals surface area (Å²) in [6.45, 7) is -0.703. The first-order valence-corrected chi connectivity index (χ1v) is 8.01. The molecule has 0 spiro atoms. The van der Waals surface area contributed by atoms with Gasteiger partial charge in [0.2, 0.25) is 0 Å². The summed E-state index contributed by atoms with van der Waals surface area (Å²) in [4.78, 5) is 34.3. The van der Waals surface area contributed by atoms with Crippen LogP contribution in [0.1, 0.15) is 10.4 Å². The smallest absolute Gasteiger partial charge is 0.452 e. The highest BCUT2D eigenvalue weighted by Crippen LogP contribution is 2.42. The summed E-state index contributed by atoms with van der Waals surface area (Å²) in [7, 11) is 1.49. The molecule has 12 heteroatoms. The summed E-state index contributed by atoms with van der Waals surface area (Å²) < 4.78 is 39.3. The van der Waals surface area contributed by atoms with Gasteiger partial charge in [0, 0.05) is 24.9 Å². The number of hydrogen-bond acceptors (Lipinski definition) is 8. The highest BCUT2D eigenvalue weighted by Gasteiger charge is 2.43. The van der Waals surface area contributed by atoms with Crippen molar-refractivity contribution < 1.29 is 37.5 Å². The van der Waals surface area contributed by atoms with Gasteiger partial charge in [-0.15, -0.1) is 8.78 Å². The van der Waals surface area contributed by atoms with Gasteiger partial charge in [-0.2, -0.15) is 0 Å². The Bertz CT molecular complexity index is 997. The van der Waals surface area contributed by atoms with E-state index in [2.05, 4.69) is 20.1 Å². The zero-order valence-electron chi connectivity index (χ0n) is 14.7. The molecule has 0 radical (unpaired) electrons. The fourth-order valence-corrected chi connectivity index (χ4v) is 2.46. The van der Waals surface area contributed by atoms with Gasteiger partial charge in [-0.1, -0.05) is 0 Å². The molecule has 2 aromatic rings. The van der Waals surface area contributed by atoms with Crippen LogP contribution in [0.5, 0.6) is 11.5 Å². The van der Waals surface area contributed by atoms with E-state index in [0.29, 0.717) is 0 Å². The highest BCUT2D eigenvalue weighted by molar-refractivity contribution is 5.96. The van der Waals surface area contributed by atoms with Gasteiger partial charge in [0.25, 0.3) is 11.6 Å². The lowest BCUT2D eigenvalue weighted by molar-refractivity contribution is -0.384. The quantitative estimate of drug-likeness (QED) is 0.423. The van der Waals surface area contributed by atoms with E-state index in [4.69, 9.17) is 4.74 Å². The molecule has 3 rings (SSSR count). The molecular weight excluding hydrogens is 396 g/mol. The third-order valence-corrected chi connectivity index (χ3v) is 3.72. The Balaban J connectivity index is 1.59. The van der Waals surface area contributed by atoms with Crippen LogP contribution in [-0.2, 0) is 9.53 Å². The van der Waals surface area contributed by atoms with Crippen molar-refractivity contribution in [2.24, 2.45) is 0 Å². The van der Waals surface area contributed by atoms with E-state index in [-0.39, 0.29) is 34.1 Å². The molecule has 2 N–H and O–H groups in total. The topological polar surface area (TPSA) is 129 Å². The molecule has 0 saturated heterocycles. The van der Waals surface area contributed by atoms with Gasteiger partial charge in [0.1, 0.15) is 5.69 Å². The van der Waals surface area contributed by atoms with Crippen LogP contribution in [0.15, 0.2) is 36.4 Å². The largest absolute Gasteiger partial charge is 0.586 e. The number of esters is 1. The molecule has 0 fully saturated rings. The van der Waals surface area contributed by atoms with Gasteiger partial charge < -0.3 is 24.8 Å². The molecule has 1 aliphatic rings. The summed E-state index contributed by atoms with van der Waals surface area (Å²) in [6.07, 6.45) is -3.79. The van der Waals surface area contributed by atoms with Crippen LogP contribution >= 0.6 is 0 Å². The molecule has 1 heterocycles. The Morgan fingerprint density at radius 1 is 1.17 bits per heavy atom. The maximum Gasteiger partial charge on any atom is 0.586 e. The Morgan fingerprint density at radius 2 is 1.90 bits per heavy atom. The molecule has 0 aliphatic carbocycles. The van der Waals surface area contributed by atoms with Gasteiger partial charge in [-0.05, 0) is 24.3 Å². The number of hydrogen-bond donors (Lipinski definition) is 2. The number of carbonyl (C=O) groups excluding carboxylic acids is 2. The third-order valence-electron chi connectivity index (χ3n) is 3.72. The van der Waals surface area contributed by atoms with E-state index in [1.54, 1.807) is 0 Å². The van der Waals surface area contributed by atoms with E-state index in [0.717, 1.165) is 12.1 Å². The number of rotatable bonds is 6. The van der Waals surface area contributed by atoms with Crippen molar-refractivity contribution in [2.45, 2.75) is 6.29 Å². The minimum absolute atomic E-state index is 0.111. The molecule has 29 heavy (non-hydrogen) atoms. The Kier molecular flexibility index (Phi) is 5.17. The molecule has 0 saturated carbocycles. The second kappa shape index (κ2) is 7.58. The lowest BCUT2D eigenvalue weighted by Crippen LogP contribution is -2.25. The fraction of sp³-hybridized carbons (Fsp3) is 0.176. The summed E-state index contributed by atoms with van der Waals surface area (Å²) in [6, 6.07) is 7.25. The summed E-state index contributed by atoms with van der Waals surface area (Å²) in [5.41, 5.74) is -0.129. The van der Waals surface area contributed by atoms with Gasteiger partial charge in [0.05, 0.1) is 10.5 Å². The van der Waals surface area contributed by atoms with Crippen molar-refractivity contribution in [2.75, 3.05) is 24.3 Å². The lowest BCUT2D eigenvalue weighted by atomic mass is 10.1. The number of halogens is 2. The van der Waals surface area contributed by atoms with E-state index < -0.39 is 29.7 Å². The van der Waals surface area contributed by atoms with Gasteiger partial charge in [-0.3, -0.25) is 14.9 Å². The van der Waals surface area contributed by atoms with Crippen molar-refractivity contribution in [3.8, 4) is 11.5 Å². The molecule has 0 unspecified atom stereocenters. The Labute approximate surface area is 161 Å². The molecule has 0 bridgehead atoms. The zero-order chi connectivity index (χ0) is 21.2. The summed E-state index contributed by atoms with van der Waals surface area (Å²) in [5, 5.41) is 16.0. The number of nitrogens with one attached hydrogen (secondary N) is 2. The van der Waals surface area contributed by atoms with Crippen LogP contribution in [-0.4, -0.2) is 36.7 Å². The predicted molar refractivity (Wildman–Crippen MR) is 94.2 cm³/mol. The van der Waals surface area contributed by atoms with Crippen LogP contribution in [0.25, 0.3) is 0 Å². The van der Waals surface area contributed by atoms with E-state index in [1.807, 2.05) is 0 Å². The van der Waals surface area contributed by atoms with Crippen LogP contribution in [0, 0.1) is 10.1 Å². The van der Waals surface area contributed by atoms with Gasteiger partial charge in [0.15, 0.2) is 18.1 Å². The van der Waals surface area contributed by atoms with Crippen LogP contribution < -0.4 is 20.1 Å². The average molecular weight is 409 g/mol. The number of ether oxygens (including phenoxy) is 3. The number of fused-ring (bicyclic) bond motifs is 1. The maximum atomic E-state index is 13.0. The monoisotopic (exact) mass is 409 g/mol. The first kappa shape index (κ1) is 19.8. The van der Waals surface area contributed by atoms with Crippen molar-refractivity contribution >= 4 is 28.9 Å². The van der Waals surface area contributed by atoms with Crippen molar-refractivity contribution in [3.05, 3.63) is 52.1 Å². The Morgan fingerprint density at radius 3 is 2.59 bits per heavy atom. The SMILES string of the molecule is CNc1ccc(C(=O)OCC(=O)Nc2ccc3c(c2)OC(F)(F)O3)cc1[N+](=O)[O-]. The number of anilines is 2. The number of nitrogens with zero attached hydrogens (tertiary/aromatic N) is 1. The number of nitro benzene ring substituents is 1. The molecule has 0 atom stereocenters. The summed E-state index contributed by atoms with van der Waals surface area (Å²) >= 11 is 0. The van der Waals surface area contributed by atoms with E-state index >= 15 is 0 Å². The van der Waals surface area contributed by atoms with E-state index in [1.165, 1.54) is 31.3 Å². The second-order valence-corrected chi connectivity index (χ2v) is 5.69. The van der Waals surface area contributed by atoms with Crippen LogP contribution in [0.3, 0.4) is 0 Å². The summed E-state index contributed by atoms with van der Waals surface area (Å²) in [5.74, 6) is -2.16. The van der Waals surface area contributed by atoms with Crippen molar-refractivity contribution in [1.29, 1.82) is 0 Å². The lowest BCUT2D eigenvalue weighted by Gasteiger charge is -2.08. The van der Waals surface area contributed by atoms with Crippen molar-refractivity contribution in [1.82, 2.24) is 0 Å². The first-order chi connectivity index (χ1) is 13.7. The number of amides is 1. The number of carbonyl (C=O) groups is 2. The zero-order valence-corrected chi connectivity index (χ0v) is 14.7. The molecule has 0 aromatic heterocycles. The minimum atomic E-state index is -3.79. The van der Waals surface area contributed by atoms with E-state index in [9.17, 15) is 28.5 Å². The van der Waals surface area contributed by atoms with Crippen LogP contribution in [0.4, 0.5) is 25.8 Å². The molecule has 1 aliphatic heterocycles. The Hall–Kier alpha value is -3.96. The van der Waals surface area contributed by atoms with Crippen LogP contribution in [0.2, 0.25) is 0 Å². The number of nitro groups is 1.